The van der Waals surface area contributed by atoms with Crippen molar-refractivity contribution in [3.8, 4) is 5.75 Å². The van der Waals surface area contributed by atoms with Gasteiger partial charge < -0.3 is 10.1 Å². The van der Waals surface area contributed by atoms with Crippen LogP contribution < -0.4 is 10.1 Å². The molecule has 5 heteroatoms. The quantitative estimate of drug-likeness (QED) is 0.849. The van der Waals surface area contributed by atoms with Crippen LogP contribution in [0.1, 0.15) is 6.92 Å². The van der Waals surface area contributed by atoms with E-state index in [1.807, 2.05) is 6.92 Å². The van der Waals surface area contributed by atoms with E-state index in [1.165, 1.54) is 18.2 Å². The topological polar surface area (TPSA) is 38.3 Å². The number of hydrogen-bond acceptors (Lipinski definition) is 2. The molecule has 0 aliphatic carbocycles. The molecule has 1 amide bonds. The molecule has 0 aliphatic rings. The zero-order valence-electron chi connectivity index (χ0n) is 9.43. The van der Waals surface area contributed by atoms with Crippen molar-refractivity contribution in [2.75, 3.05) is 13.2 Å². The van der Waals surface area contributed by atoms with E-state index in [1.54, 1.807) is 0 Å². The van der Waals surface area contributed by atoms with Gasteiger partial charge in [0.1, 0.15) is 11.6 Å². The molecule has 0 radical (unpaired) electrons. The molecule has 0 aromatic heterocycles. The molecule has 0 atom stereocenters. The van der Waals surface area contributed by atoms with Crippen molar-refractivity contribution in [2.24, 2.45) is 0 Å². The van der Waals surface area contributed by atoms with Gasteiger partial charge in [0, 0.05) is 6.54 Å². The predicted octanol–water partition coefficient (Wildman–Crippen LogP) is 2.66. The first kappa shape index (κ1) is 13.7. The van der Waals surface area contributed by atoms with E-state index in [0.29, 0.717) is 16.8 Å². The van der Waals surface area contributed by atoms with Crippen LogP contribution in [0.5, 0.6) is 5.75 Å². The SMILES string of the molecule is C=C(C)CNC(=O)COc1ccc(F)cc1Br. The minimum Gasteiger partial charge on any atom is -0.483 e. The zero-order chi connectivity index (χ0) is 12.8. The number of carbonyl (C=O) groups excluding carboxylic acids is 1. The molecule has 1 N–H and O–H groups in total. The Bertz CT molecular complexity index is 435. The van der Waals surface area contributed by atoms with Crippen molar-refractivity contribution in [1.82, 2.24) is 5.32 Å². The first-order chi connectivity index (χ1) is 7.99. The van der Waals surface area contributed by atoms with Crippen LogP contribution in [-0.2, 0) is 4.79 Å². The van der Waals surface area contributed by atoms with Crippen LogP contribution in [0.15, 0.2) is 34.8 Å². The van der Waals surface area contributed by atoms with Gasteiger partial charge in [-0.25, -0.2) is 4.39 Å². The predicted molar refractivity (Wildman–Crippen MR) is 67.4 cm³/mol. The number of hydrogen-bond donors (Lipinski definition) is 1. The lowest BCUT2D eigenvalue weighted by Gasteiger charge is -2.08. The van der Waals surface area contributed by atoms with Gasteiger partial charge in [0.25, 0.3) is 5.91 Å². The maximum absolute atomic E-state index is 12.8. The van der Waals surface area contributed by atoms with Crippen LogP contribution in [0, 0.1) is 5.82 Å². The van der Waals surface area contributed by atoms with Crippen molar-refractivity contribution in [1.29, 1.82) is 0 Å². The first-order valence-electron chi connectivity index (χ1n) is 4.98. The summed E-state index contributed by atoms with van der Waals surface area (Å²) >= 11 is 3.15. The average molecular weight is 302 g/mol. The Hall–Kier alpha value is -1.36. The Morgan fingerprint density at radius 1 is 1.59 bits per heavy atom. The van der Waals surface area contributed by atoms with E-state index in [9.17, 15) is 9.18 Å². The summed E-state index contributed by atoms with van der Waals surface area (Å²) in [5.41, 5.74) is 0.862. The van der Waals surface area contributed by atoms with Gasteiger partial charge in [0.15, 0.2) is 6.61 Å². The third-order valence-electron chi connectivity index (χ3n) is 1.84. The maximum atomic E-state index is 12.8. The van der Waals surface area contributed by atoms with Gasteiger partial charge >= 0.3 is 0 Å². The molecule has 92 valence electrons. The van der Waals surface area contributed by atoms with Gasteiger partial charge in [0.05, 0.1) is 4.47 Å². The van der Waals surface area contributed by atoms with Crippen LogP contribution >= 0.6 is 15.9 Å². The Morgan fingerprint density at radius 3 is 2.88 bits per heavy atom. The summed E-state index contributed by atoms with van der Waals surface area (Å²) < 4.78 is 18.5. The minimum atomic E-state index is -0.365. The highest BCUT2D eigenvalue weighted by Gasteiger charge is 2.06. The molecule has 0 saturated heterocycles. The number of amides is 1. The van der Waals surface area contributed by atoms with Crippen LogP contribution in [0.4, 0.5) is 4.39 Å². The summed E-state index contributed by atoms with van der Waals surface area (Å²) in [5.74, 6) is -0.183. The molecule has 0 unspecified atom stereocenters. The largest absolute Gasteiger partial charge is 0.483 e. The summed E-state index contributed by atoms with van der Waals surface area (Å²) in [6, 6.07) is 4.01. The molecule has 1 aromatic rings. The van der Waals surface area contributed by atoms with E-state index < -0.39 is 0 Å². The molecular formula is C12H13BrFNO2. The van der Waals surface area contributed by atoms with E-state index in [2.05, 4.69) is 27.8 Å². The van der Waals surface area contributed by atoms with Gasteiger partial charge in [-0.1, -0.05) is 12.2 Å². The highest BCUT2D eigenvalue weighted by molar-refractivity contribution is 9.10. The summed E-state index contributed by atoms with van der Waals surface area (Å²) in [6.07, 6.45) is 0. The lowest BCUT2D eigenvalue weighted by molar-refractivity contribution is -0.122. The van der Waals surface area contributed by atoms with Crippen LogP contribution in [0.2, 0.25) is 0 Å². The second-order valence-electron chi connectivity index (χ2n) is 3.60. The van der Waals surface area contributed by atoms with Gasteiger partial charge in [-0.3, -0.25) is 4.79 Å². The summed E-state index contributed by atoms with van der Waals surface area (Å²) in [4.78, 5) is 11.3. The van der Waals surface area contributed by atoms with E-state index in [-0.39, 0.29) is 18.3 Å². The third kappa shape index (κ3) is 4.99. The van der Waals surface area contributed by atoms with Crippen molar-refractivity contribution in [2.45, 2.75) is 6.92 Å². The van der Waals surface area contributed by atoms with Crippen LogP contribution in [-0.4, -0.2) is 19.1 Å². The number of carbonyl (C=O) groups is 1. The number of ether oxygens (including phenoxy) is 1. The normalized spacial score (nSPS) is 9.82. The molecule has 3 nitrogen and oxygen atoms in total. The average Bonchev–Trinajstić information content (AvgIpc) is 2.25. The molecule has 0 saturated carbocycles. The second-order valence-corrected chi connectivity index (χ2v) is 4.45. The molecule has 1 rings (SSSR count). The summed E-state index contributed by atoms with van der Waals surface area (Å²) in [6.45, 7) is 5.79. The number of benzene rings is 1. The van der Waals surface area contributed by atoms with E-state index in [0.717, 1.165) is 5.57 Å². The fourth-order valence-corrected chi connectivity index (χ4v) is 1.50. The van der Waals surface area contributed by atoms with E-state index in [4.69, 9.17) is 4.74 Å². The summed E-state index contributed by atoms with van der Waals surface area (Å²) in [5, 5.41) is 2.63. The molecule has 0 spiro atoms. The highest BCUT2D eigenvalue weighted by atomic mass is 79.9. The van der Waals surface area contributed by atoms with Gasteiger partial charge in [-0.2, -0.15) is 0 Å². The van der Waals surface area contributed by atoms with Crippen LogP contribution in [0.3, 0.4) is 0 Å². The van der Waals surface area contributed by atoms with Gasteiger partial charge in [-0.05, 0) is 41.1 Å². The standard InChI is InChI=1S/C12H13BrFNO2/c1-8(2)6-15-12(16)7-17-11-4-3-9(14)5-10(11)13/h3-5H,1,6-7H2,2H3,(H,15,16). The molecular weight excluding hydrogens is 289 g/mol. The molecule has 0 aliphatic heterocycles. The zero-order valence-corrected chi connectivity index (χ0v) is 11.0. The van der Waals surface area contributed by atoms with Crippen molar-refractivity contribution in [3.63, 3.8) is 0 Å². The highest BCUT2D eigenvalue weighted by Crippen LogP contribution is 2.25. The molecule has 0 heterocycles. The monoisotopic (exact) mass is 301 g/mol. The first-order valence-corrected chi connectivity index (χ1v) is 5.77. The molecule has 17 heavy (non-hydrogen) atoms. The van der Waals surface area contributed by atoms with Gasteiger partial charge in [0.2, 0.25) is 0 Å². The smallest absolute Gasteiger partial charge is 0.258 e. The maximum Gasteiger partial charge on any atom is 0.258 e. The van der Waals surface area contributed by atoms with Crippen molar-refractivity contribution in [3.05, 3.63) is 40.6 Å². The second kappa shape index (κ2) is 6.39. The van der Waals surface area contributed by atoms with Gasteiger partial charge in [-0.15, -0.1) is 0 Å². The molecule has 1 aromatic carbocycles. The van der Waals surface area contributed by atoms with Crippen molar-refractivity contribution >= 4 is 21.8 Å². The summed E-state index contributed by atoms with van der Waals surface area (Å²) in [7, 11) is 0. The Labute approximate surface area is 108 Å². The Morgan fingerprint density at radius 2 is 2.29 bits per heavy atom. The minimum absolute atomic E-state index is 0.114. The molecule has 0 bridgehead atoms. The third-order valence-corrected chi connectivity index (χ3v) is 2.46. The lowest BCUT2D eigenvalue weighted by Crippen LogP contribution is -2.30. The Balaban J connectivity index is 2.44. The van der Waals surface area contributed by atoms with Crippen LogP contribution in [0.25, 0.3) is 0 Å². The van der Waals surface area contributed by atoms with Crippen molar-refractivity contribution < 1.29 is 13.9 Å². The number of rotatable bonds is 5. The fourth-order valence-electron chi connectivity index (χ4n) is 1.04. The Kier molecular flexibility index (Phi) is 5.15. The van der Waals surface area contributed by atoms with E-state index >= 15 is 0 Å². The fraction of sp³-hybridized carbons (Fsp3) is 0.250. The number of halogens is 2. The number of nitrogens with one attached hydrogen (secondary N) is 1. The lowest BCUT2D eigenvalue weighted by atomic mass is 10.3. The molecule has 0 fully saturated rings.